The highest BCUT2D eigenvalue weighted by Gasteiger charge is 2.10. The number of carbonyl (C=O) groups is 1. The van der Waals surface area contributed by atoms with Gasteiger partial charge < -0.3 is 16.0 Å². The molecule has 0 unspecified atom stereocenters. The van der Waals surface area contributed by atoms with Crippen LogP contribution in [0, 0.1) is 0 Å². The summed E-state index contributed by atoms with van der Waals surface area (Å²) in [7, 11) is 4.04. The maximum Gasteiger partial charge on any atom is 0.257 e. The second-order valence-corrected chi connectivity index (χ2v) is 6.04. The van der Waals surface area contributed by atoms with Crippen LogP contribution < -0.4 is 11.1 Å². The van der Waals surface area contributed by atoms with Gasteiger partial charge in [0.25, 0.3) is 5.91 Å². The lowest BCUT2D eigenvalue weighted by Crippen LogP contribution is -2.14. The lowest BCUT2D eigenvalue weighted by atomic mass is 10.1. The number of nitrogens with zero attached hydrogens (tertiary/aromatic N) is 1. The normalized spacial score (nSPS) is 10.7. The molecule has 4 nitrogen and oxygen atoms in total. The Labute approximate surface area is 133 Å². The highest BCUT2D eigenvalue weighted by atomic mass is 79.9. The van der Waals surface area contributed by atoms with Crippen molar-refractivity contribution < 1.29 is 4.79 Å². The van der Waals surface area contributed by atoms with Crippen molar-refractivity contribution in [1.29, 1.82) is 0 Å². The molecule has 1 amide bonds. The van der Waals surface area contributed by atoms with E-state index in [4.69, 9.17) is 5.73 Å². The monoisotopic (exact) mass is 347 g/mol. The third kappa shape index (κ3) is 4.31. The second-order valence-electron chi connectivity index (χ2n) is 5.12. The summed E-state index contributed by atoms with van der Waals surface area (Å²) in [5, 5.41) is 2.85. The molecule has 2 aromatic rings. The molecule has 0 bridgehead atoms. The highest BCUT2D eigenvalue weighted by molar-refractivity contribution is 9.10. The molecule has 3 N–H and O–H groups in total. The molecule has 0 aliphatic heterocycles. The zero-order chi connectivity index (χ0) is 15.4. The number of nitrogens with one attached hydrogen (secondary N) is 1. The summed E-state index contributed by atoms with van der Waals surface area (Å²) >= 11 is 3.34. The van der Waals surface area contributed by atoms with Crippen molar-refractivity contribution in [3.05, 3.63) is 58.1 Å². The van der Waals surface area contributed by atoms with Crippen molar-refractivity contribution in [2.45, 2.75) is 6.54 Å². The zero-order valence-electron chi connectivity index (χ0n) is 12.1. The van der Waals surface area contributed by atoms with Crippen LogP contribution in [0.5, 0.6) is 0 Å². The Kier molecular flexibility index (Phi) is 4.98. The number of carbonyl (C=O) groups excluding carboxylic acids is 1. The predicted molar refractivity (Wildman–Crippen MR) is 90.3 cm³/mol. The summed E-state index contributed by atoms with van der Waals surface area (Å²) in [5.74, 6) is -0.214. The molecule has 0 spiro atoms. The largest absolute Gasteiger partial charge is 0.398 e. The Morgan fingerprint density at radius 1 is 1.19 bits per heavy atom. The number of hydrogen-bond donors (Lipinski definition) is 2. The summed E-state index contributed by atoms with van der Waals surface area (Å²) in [6.45, 7) is 0.868. The molecule has 5 heteroatoms. The number of rotatable bonds is 4. The highest BCUT2D eigenvalue weighted by Crippen LogP contribution is 2.20. The van der Waals surface area contributed by atoms with Crippen LogP contribution in [-0.2, 0) is 6.54 Å². The SMILES string of the molecule is CN(C)Cc1ccc(NC(=O)c2cc(Br)ccc2N)cc1. The number of nitrogen functional groups attached to an aromatic ring is 1. The van der Waals surface area contributed by atoms with Crippen molar-refractivity contribution in [2.24, 2.45) is 0 Å². The summed E-state index contributed by atoms with van der Waals surface area (Å²) in [4.78, 5) is 14.3. The molecule has 0 heterocycles. The van der Waals surface area contributed by atoms with Gasteiger partial charge in [0, 0.05) is 22.4 Å². The Balaban J connectivity index is 2.10. The Bertz CT molecular complexity index is 638. The van der Waals surface area contributed by atoms with E-state index in [-0.39, 0.29) is 5.91 Å². The van der Waals surface area contributed by atoms with Crippen molar-refractivity contribution in [2.75, 3.05) is 25.1 Å². The molecule has 0 atom stereocenters. The van der Waals surface area contributed by atoms with Gasteiger partial charge in [-0.3, -0.25) is 4.79 Å². The maximum atomic E-state index is 12.2. The summed E-state index contributed by atoms with van der Waals surface area (Å²) in [5.41, 5.74) is 8.70. The molecular weight excluding hydrogens is 330 g/mol. The predicted octanol–water partition coefficient (Wildman–Crippen LogP) is 3.35. The van der Waals surface area contributed by atoms with Crippen LogP contribution in [0.3, 0.4) is 0 Å². The van der Waals surface area contributed by atoms with Crippen molar-refractivity contribution in [3.8, 4) is 0 Å². The molecular formula is C16H18BrN3O. The van der Waals surface area contributed by atoms with Gasteiger partial charge in [0.15, 0.2) is 0 Å². The van der Waals surface area contributed by atoms with Gasteiger partial charge in [-0.05, 0) is 50.0 Å². The van der Waals surface area contributed by atoms with Gasteiger partial charge in [0.2, 0.25) is 0 Å². The third-order valence-electron chi connectivity index (χ3n) is 2.97. The van der Waals surface area contributed by atoms with Crippen LogP contribution in [0.2, 0.25) is 0 Å². The van der Waals surface area contributed by atoms with Crippen molar-refractivity contribution in [1.82, 2.24) is 4.90 Å². The van der Waals surface area contributed by atoms with Gasteiger partial charge >= 0.3 is 0 Å². The Morgan fingerprint density at radius 3 is 2.48 bits per heavy atom. The first-order valence-electron chi connectivity index (χ1n) is 6.56. The fourth-order valence-electron chi connectivity index (χ4n) is 1.98. The molecule has 0 aliphatic carbocycles. The topological polar surface area (TPSA) is 58.4 Å². The zero-order valence-corrected chi connectivity index (χ0v) is 13.6. The smallest absolute Gasteiger partial charge is 0.257 e. The maximum absolute atomic E-state index is 12.2. The molecule has 0 aliphatic rings. The molecule has 0 saturated carbocycles. The number of hydrogen-bond acceptors (Lipinski definition) is 3. The molecule has 0 saturated heterocycles. The number of nitrogens with two attached hydrogens (primary N) is 1. The van der Waals surface area contributed by atoms with E-state index >= 15 is 0 Å². The third-order valence-corrected chi connectivity index (χ3v) is 3.46. The van der Waals surface area contributed by atoms with E-state index in [0.29, 0.717) is 11.3 Å². The number of amides is 1. The van der Waals surface area contributed by atoms with Crippen LogP contribution >= 0.6 is 15.9 Å². The molecule has 110 valence electrons. The van der Waals surface area contributed by atoms with Crippen molar-refractivity contribution >= 4 is 33.2 Å². The van der Waals surface area contributed by atoms with Gasteiger partial charge in [-0.25, -0.2) is 0 Å². The van der Waals surface area contributed by atoms with Crippen LogP contribution in [0.15, 0.2) is 46.9 Å². The molecule has 2 aromatic carbocycles. The summed E-state index contributed by atoms with van der Waals surface area (Å²) in [6, 6.07) is 13.0. The molecule has 0 radical (unpaired) electrons. The minimum Gasteiger partial charge on any atom is -0.398 e. The summed E-state index contributed by atoms with van der Waals surface area (Å²) < 4.78 is 0.822. The average molecular weight is 348 g/mol. The fourth-order valence-corrected chi connectivity index (χ4v) is 2.34. The van der Waals surface area contributed by atoms with E-state index in [2.05, 4.69) is 26.1 Å². The van der Waals surface area contributed by atoms with Gasteiger partial charge in [0.05, 0.1) is 5.56 Å². The first-order valence-corrected chi connectivity index (χ1v) is 7.35. The fraction of sp³-hybridized carbons (Fsp3) is 0.188. The van der Waals surface area contributed by atoms with Crippen molar-refractivity contribution in [3.63, 3.8) is 0 Å². The van der Waals surface area contributed by atoms with Crippen LogP contribution in [0.25, 0.3) is 0 Å². The molecule has 0 aromatic heterocycles. The van der Waals surface area contributed by atoms with E-state index in [0.717, 1.165) is 16.7 Å². The van der Waals surface area contributed by atoms with E-state index in [1.54, 1.807) is 12.1 Å². The van der Waals surface area contributed by atoms with Gasteiger partial charge in [0.1, 0.15) is 0 Å². The van der Waals surface area contributed by atoms with Crippen LogP contribution in [0.4, 0.5) is 11.4 Å². The first kappa shape index (κ1) is 15.5. The summed E-state index contributed by atoms with van der Waals surface area (Å²) in [6.07, 6.45) is 0. The molecule has 0 fully saturated rings. The van der Waals surface area contributed by atoms with Gasteiger partial charge in [-0.15, -0.1) is 0 Å². The number of anilines is 2. The van der Waals surface area contributed by atoms with Gasteiger partial charge in [-0.2, -0.15) is 0 Å². The minimum atomic E-state index is -0.214. The lowest BCUT2D eigenvalue weighted by molar-refractivity contribution is 0.102. The van der Waals surface area contributed by atoms with E-state index < -0.39 is 0 Å². The quantitative estimate of drug-likeness (QED) is 0.833. The van der Waals surface area contributed by atoms with E-state index in [9.17, 15) is 4.79 Å². The Morgan fingerprint density at radius 2 is 1.86 bits per heavy atom. The lowest BCUT2D eigenvalue weighted by Gasteiger charge is -2.11. The second kappa shape index (κ2) is 6.74. The van der Waals surface area contributed by atoms with E-state index in [1.165, 1.54) is 5.56 Å². The average Bonchev–Trinajstić information content (AvgIpc) is 2.43. The first-order chi connectivity index (χ1) is 9.95. The van der Waals surface area contributed by atoms with Gasteiger partial charge in [-0.1, -0.05) is 28.1 Å². The molecule has 2 rings (SSSR count). The molecule has 21 heavy (non-hydrogen) atoms. The minimum absolute atomic E-state index is 0.214. The standard InChI is InChI=1S/C16H18BrN3O/c1-20(2)10-11-3-6-13(7-4-11)19-16(21)14-9-12(17)5-8-15(14)18/h3-9H,10,18H2,1-2H3,(H,19,21). The number of benzene rings is 2. The van der Waals surface area contributed by atoms with E-state index in [1.807, 2.05) is 44.4 Å². The van der Waals surface area contributed by atoms with Crippen LogP contribution in [0.1, 0.15) is 15.9 Å². The van der Waals surface area contributed by atoms with Crippen LogP contribution in [-0.4, -0.2) is 24.9 Å². The number of halogens is 1. The Hall–Kier alpha value is -1.85.